The maximum absolute atomic E-state index is 14.0. The summed E-state index contributed by atoms with van der Waals surface area (Å²) in [4.78, 5) is 18.2. The maximum Gasteiger partial charge on any atom is 0.277 e. The Balaban J connectivity index is 1.54. The molecule has 0 aliphatic carbocycles. The molecule has 1 fully saturated rings. The number of likely N-dealkylation sites (N-methyl/N-ethyl adjacent to an activating group) is 1. The van der Waals surface area contributed by atoms with Gasteiger partial charge in [0, 0.05) is 31.7 Å². The fourth-order valence-electron chi connectivity index (χ4n) is 3.83. The summed E-state index contributed by atoms with van der Waals surface area (Å²) in [6, 6.07) is 12.9. The number of nitrogens with one attached hydrogen (secondary N) is 1. The van der Waals surface area contributed by atoms with E-state index in [0.717, 1.165) is 41.5 Å². The van der Waals surface area contributed by atoms with Crippen LogP contribution >= 0.6 is 0 Å². The average molecular weight is 417 g/mol. The number of carbonyl (C=O) groups is 1. The van der Waals surface area contributed by atoms with E-state index < -0.39 is 0 Å². The molecule has 2 aromatic carbocycles. The van der Waals surface area contributed by atoms with Crippen LogP contribution in [0.5, 0.6) is 11.5 Å². The Morgan fingerprint density at radius 2 is 1.73 bits per heavy atom. The first-order valence-corrected chi connectivity index (χ1v) is 10.4. The van der Waals surface area contributed by atoms with Crippen molar-refractivity contribution >= 4 is 11.6 Å². The van der Waals surface area contributed by atoms with Crippen LogP contribution < -0.4 is 19.3 Å². The second-order valence-corrected chi connectivity index (χ2v) is 7.47. The van der Waals surface area contributed by atoms with Gasteiger partial charge in [0.05, 0.1) is 26.5 Å². The molecule has 1 atom stereocenters. The van der Waals surface area contributed by atoms with Gasteiger partial charge in [0.25, 0.3) is 5.91 Å². The Bertz CT molecular complexity index is 853. The molecule has 1 heterocycles. The van der Waals surface area contributed by atoms with Crippen molar-refractivity contribution in [3.63, 3.8) is 0 Å². The topological polar surface area (TPSA) is 46.5 Å². The molecule has 7 heteroatoms. The van der Waals surface area contributed by atoms with Crippen LogP contribution in [0.3, 0.4) is 0 Å². The lowest BCUT2D eigenvalue weighted by atomic mass is 10.2. The summed E-state index contributed by atoms with van der Waals surface area (Å²) < 4.78 is 24.4. The molecule has 30 heavy (non-hydrogen) atoms. The number of hydrogen-bond acceptors (Lipinski definition) is 4. The van der Waals surface area contributed by atoms with Crippen LogP contribution in [-0.4, -0.2) is 64.3 Å². The summed E-state index contributed by atoms with van der Waals surface area (Å²) >= 11 is 0. The highest BCUT2D eigenvalue weighted by Crippen LogP contribution is 2.28. The van der Waals surface area contributed by atoms with Crippen molar-refractivity contribution in [3.8, 4) is 11.5 Å². The highest BCUT2D eigenvalue weighted by atomic mass is 19.1. The van der Waals surface area contributed by atoms with Gasteiger partial charge in [-0.3, -0.25) is 4.79 Å². The zero-order valence-corrected chi connectivity index (χ0v) is 18.0. The van der Waals surface area contributed by atoms with Crippen LogP contribution in [0, 0.1) is 5.82 Å². The van der Waals surface area contributed by atoms with Gasteiger partial charge < -0.3 is 24.2 Å². The van der Waals surface area contributed by atoms with E-state index >= 15 is 0 Å². The van der Waals surface area contributed by atoms with Gasteiger partial charge in [-0.15, -0.1) is 0 Å². The van der Waals surface area contributed by atoms with Gasteiger partial charge in [-0.25, -0.2) is 4.39 Å². The molecule has 1 aliphatic rings. The number of piperazine rings is 1. The number of benzene rings is 2. The molecule has 1 saturated heterocycles. The number of hydrogen-bond donors (Lipinski definition) is 1. The second kappa shape index (κ2) is 10.3. The molecule has 1 aliphatic heterocycles. The zero-order chi connectivity index (χ0) is 21.5. The number of quaternary nitrogens is 1. The lowest BCUT2D eigenvalue weighted by Gasteiger charge is -2.36. The fraction of sp³-hybridized carbons (Fsp3) is 0.435. The quantitative estimate of drug-likeness (QED) is 0.710. The fourth-order valence-corrected chi connectivity index (χ4v) is 3.83. The number of nitrogens with zero attached hydrogens (tertiary/aromatic N) is 2. The van der Waals surface area contributed by atoms with Gasteiger partial charge in [0.15, 0.2) is 18.1 Å². The smallest absolute Gasteiger partial charge is 0.277 e. The highest BCUT2D eigenvalue weighted by Gasteiger charge is 2.25. The van der Waals surface area contributed by atoms with Gasteiger partial charge in [0.2, 0.25) is 0 Å². The predicted molar refractivity (Wildman–Crippen MR) is 115 cm³/mol. The van der Waals surface area contributed by atoms with Crippen molar-refractivity contribution in [2.75, 3.05) is 58.4 Å². The van der Waals surface area contributed by atoms with E-state index in [1.807, 2.05) is 42.2 Å². The Morgan fingerprint density at radius 1 is 1.03 bits per heavy atom. The molecule has 6 nitrogen and oxygen atoms in total. The maximum atomic E-state index is 14.0. The highest BCUT2D eigenvalue weighted by molar-refractivity contribution is 5.77. The van der Waals surface area contributed by atoms with Gasteiger partial charge in [-0.2, -0.15) is 0 Å². The molecule has 0 spiro atoms. The number of methoxy groups -OCH3 is 2. The average Bonchev–Trinajstić information content (AvgIpc) is 2.78. The van der Waals surface area contributed by atoms with Gasteiger partial charge >= 0.3 is 0 Å². The summed E-state index contributed by atoms with van der Waals surface area (Å²) in [5, 5.41) is 0. The molecule has 1 unspecified atom stereocenters. The Morgan fingerprint density at radius 3 is 2.37 bits per heavy atom. The van der Waals surface area contributed by atoms with Crippen LogP contribution in [0.25, 0.3) is 0 Å². The van der Waals surface area contributed by atoms with Crippen molar-refractivity contribution in [2.24, 2.45) is 0 Å². The number of amides is 1. The molecule has 3 rings (SSSR count). The van der Waals surface area contributed by atoms with E-state index in [2.05, 4.69) is 4.90 Å². The zero-order valence-electron chi connectivity index (χ0n) is 18.0. The molecule has 1 amide bonds. The first-order valence-electron chi connectivity index (χ1n) is 10.4. The van der Waals surface area contributed by atoms with Crippen LogP contribution in [0.4, 0.5) is 10.1 Å². The van der Waals surface area contributed by atoms with Gasteiger partial charge in [-0.05, 0) is 37.3 Å². The number of carbonyl (C=O) groups excluding carboxylic acids is 1. The van der Waals surface area contributed by atoms with E-state index in [1.165, 1.54) is 13.2 Å². The minimum absolute atomic E-state index is 0.139. The number of rotatable bonds is 8. The minimum atomic E-state index is -0.371. The van der Waals surface area contributed by atoms with E-state index in [9.17, 15) is 9.18 Å². The lowest BCUT2D eigenvalue weighted by Crippen LogP contribution is -3.11. The molecule has 1 N–H and O–H groups in total. The molecule has 162 valence electrons. The summed E-state index contributed by atoms with van der Waals surface area (Å²) in [6.45, 7) is 6.76. The van der Waals surface area contributed by atoms with E-state index in [4.69, 9.17) is 9.47 Å². The normalized spacial score (nSPS) is 15.1. The molecular weight excluding hydrogens is 385 g/mol. The molecule has 0 bridgehead atoms. The third-order valence-corrected chi connectivity index (χ3v) is 5.63. The van der Waals surface area contributed by atoms with Gasteiger partial charge in [-0.1, -0.05) is 12.1 Å². The SMILES string of the molecule is CC[NH+](CC(=O)N1CCN(c2ccccc2OC)CC1)Cc1ccc(OC)c(F)c1. The summed E-state index contributed by atoms with van der Waals surface area (Å²) in [5.41, 5.74) is 1.92. The third-order valence-electron chi connectivity index (χ3n) is 5.63. The Hall–Kier alpha value is -2.80. The second-order valence-electron chi connectivity index (χ2n) is 7.47. The standard InChI is InChI=1S/C23H30FN3O3/c1-4-25(16-18-9-10-21(29-2)19(24)15-18)17-23(28)27-13-11-26(12-14-27)20-7-5-6-8-22(20)30-3/h5-10,15H,4,11-14,16-17H2,1-3H3/p+1. The van der Waals surface area contributed by atoms with Crippen LogP contribution in [0.15, 0.2) is 42.5 Å². The summed E-state index contributed by atoms with van der Waals surface area (Å²) in [7, 11) is 3.13. The Labute approximate surface area is 177 Å². The molecule has 2 aromatic rings. The molecule has 0 saturated carbocycles. The minimum Gasteiger partial charge on any atom is -0.495 e. The predicted octanol–water partition coefficient (Wildman–Crippen LogP) is 1.60. The van der Waals surface area contributed by atoms with Crippen molar-refractivity contribution in [3.05, 3.63) is 53.8 Å². The van der Waals surface area contributed by atoms with E-state index in [1.54, 1.807) is 13.2 Å². The monoisotopic (exact) mass is 416 g/mol. The van der Waals surface area contributed by atoms with Crippen molar-refractivity contribution in [1.82, 2.24) is 4.90 Å². The van der Waals surface area contributed by atoms with Crippen molar-refractivity contribution in [2.45, 2.75) is 13.5 Å². The summed E-state index contributed by atoms with van der Waals surface area (Å²) in [5.74, 6) is 0.858. The largest absolute Gasteiger partial charge is 0.495 e. The first kappa shape index (κ1) is 21.9. The number of anilines is 1. The Kier molecular flexibility index (Phi) is 7.52. The lowest BCUT2D eigenvalue weighted by molar-refractivity contribution is -0.904. The van der Waals surface area contributed by atoms with Crippen LogP contribution in [0.2, 0.25) is 0 Å². The van der Waals surface area contributed by atoms with Crippen LogP contribution in [0.1, 0.15) is 12.5 Å². The first-order chi connectivity index (χ1) is 14.5. The van der Waals surface area contributed by atoms with E-state index in [0.29, 0.717) is 26.2 Å². The molecular formula is C23H31FN3O3+. The summed E-state index contributed by atoms with van der Waals surface area (Å²) in [6.07, 6.45) is 0. The van der Waals surface area contributed by atoms with Crippen molar-refractivity contribution in [1.29, 1.82) is 0 Å². The number of ether oxygens (including phenoxy) is 2. The van der Waals surface area contributed by atoms with E-state index in [-0.39, 0.29) is 17.5 Å². The molecule has 0 aromatic heterocycles. The molecule has 0 radical (unpaired) electrons. The number of halogens is 1. The van der Waals surface area contributed by atoms with Crippen LogP contribution in [-0.2, 0) is 11.3 Å². The van der Waals surface area contributed by atoms with Gasteiger partial charge in [0.1, 0.15) is 12.3 Å². The number of para-hydroxylation sites is 2. The third kappa shape index (κ3) is 5.21. The van der Waals surface area contributed by atoms with Crippen molar-refractivity contribution < 1.29 is 23.6 Å².